The molecule has 0 aliphatic heterocycles. The van der Waals surface area contributed by atoms with Gasteiger partial charge < -0.3 is 0 Å². The summed E-state index contributed by atoms with van der Waals surface area (Å²) >= 11 is 0. The maximum absolute atomic E-state index is 9.31. The van der Waals surface area contributed by atoms with Gasteiger partial charge in [-0.3, -0.25) is 0 Å². The molecule has 0 rings (SSSR count). The van der Waals surface area contributed by atoms with E-state index in [9.17, 15) is 4.57 Å². The summed E-state index contributed by atoms with van der Waals surface area (Å²) in [5.74, 6) is 0. The van der Waals surface area contributed by atoms with E-state index in [1.807, 2.05) is 0 Å². The first-order valence-corrected chi connectivity index (χ1v) is 2.10. The predicted molar refractivity (Wildman–Crippen MR) is 16.1 cm³/mol. The molecular weight excluding hydrogens is 107 g/mol. The quantitative estimate of drug-likeness (QED) is 0.309. The fourth-order valence-electron chi connectivity index (χ4n) is 0.0349. The van der Waals surface area contributed by atoms with Gasteiger partial charge in [0.25, 0.3) is 0 Å². The summed E-state index contributed by atoms with van der Waals surface area (Å²) in [6.07, 6.45) is 0. The minimum Gasteiger partial charge on any atom is -0.165 e. The maximum atomic E-state index is 9.31. The van der Waals surface area contributed by atoms with E-state index in [1.165, 1.54) is 0 Å². The summed E-state index contributed by atoms with van der Waals surface area (Å²) in [6, 6.07) is 0. The zero-order valence-corrected chi connectivity index (χ0v) is 3.55. The smallest absolute Gasteiger partial charge is 0.165 e. The molecule has 0 aromatic heterocycles. The number of nitrogens with one attached hydrogen (secondary N) is 1. The first kappa shape index (κ1) is 5.46. The lowest BCUT2D eigenvalue weighted by atomic mass is 13.1. The Hall–Kier alpha value is -0.540. The second kappa shape index (κ2) is 2.68. The van der Waals surface area contributed by atoms with Crippen LogP contribution in [0.5, 0.6) is 0 Å². The Balaban J connectivity index is 3.05. The normalized spacial score (nSPS) is 9.83. The van der Waals surface area contributed by atoms with Gasteiger partial charge in [-0.2, -0.15) is 5.53 Å². The third kappa shape index (κ3) is 3.46. The van der Waals surface area contributed by atoms with E-state index in [4.69, 9.17) is 10.4 Å². The highest BCUT2D eigenvalue weighted by atomic mass is 31.1. The fourth-order valence-corrected chi connectivity index (χ4v) is 0.105. The van der Waals surface area contributed by atoms with Crippen molar-refractivity contribution in [3.8, 4) is 0 Å². The Kier molecular flexibility index (Phi) is 2.44. The van der Waals surface area contributed by atoms with Crippen LogP contribution < -0.4 is 0 Å². The van der Waals surface area contributed by atoms with Gasteiger partial charge >= 0.3 is 8.25 Å². The van der Waals surface area contributed by atoms with E-state index >= 15 is 0 Å². The predicted octanol–water partition coefficient (Wildman–Crippen LogP) is 0.599. The van der Waals surface area contributed by atoms with Crippen molar-refractivity contribution in [2.45, 2.75) is 0 Å². The summed E-state index contributed by atoms with van der Waals surface area (Å²) in [5, 5.41) is 2.15. The average molecular weight is 109 g/mol. The van der Waals surface area contributed by atoms with E-state index in [2.05, 4.69) is 9.90 Å². The molecule has 0 saturated carbocycles. The van der Waals surface area contributed by atoms with Crippen LogP contribution >= 0.6 is 8.25 Å². The molecule has 0 fully saturated rings. The lowest BCUT2D eigenvalue weighted by Gasteiger charge is -1.58. The Labute approximate surface area is 34.4 Å². The van der Waals surface area contributed by atoms with Crippen molar-refractivity contribution < 1.29 is 14.1 Å². The Morgan fingerprint density at radius 3 is 2.50 bits per heavy atom. The number of rotatable bonds is 2. The Bertz CT molecular complexity index is 69.2. The number of nitrogens with zero attached hydrogens (tertiary/aromatic N) is 1. The molecule has 0 aromatic carbocycles. The molecule has 0 aliphatic rings. The fraction of sp³-hybridized carbons (Fsp3) is 0. The van der Waals surface area contributed by atoms with Crippen LogP contribution in [0.1, 0.15) is 0 Å². The molecule has 34 valence electrons. The summed E-state index contributed by atoms with van der Waals surface area (Å²) in [4.78, 5) is 7.63. The summed E-state index contributed by atoms with van der Waals surface area (Å²) < 4.78 is 12.7. The van der Waals surface area contributed by atoms with Gasteiger partial charge in [0.05, 0.1) is 5.28 Å². The lowest BCUT2D eigenvalue weighted by Crippen LogP contribution is -1.55. The monoisotopic (exact) mass is 109 g/mol. The van der Waals surface area contributed by atoms with Gasteiger partial charge in [-0.1, -0.05) is 4.62 Å². The van der Waals surface area contributed by atoms with Crippen molar-refractivity contribution >= 4 is 8.25 Å². The average Bonchev–Trinajstić information content (AvgIpc) is 1.35. The Morgan fingerprint density at radius 1 is 2.00 bits per heavy atom. The SMILES string of the molecule is N=NO[P+](=O)O. The van der Waals surface area contributed by atoms with Crippen molar-refractivity contribution in [2.75, 3.05) is 0 Å². The van der Waals surface area contributed by atoms with Crippen molar-refractivity contribution in [2.24, 2.45) is 5.28 Å². The van der Waals surface area contributed by atoms with E-state index in [1.54, 1.807) is 0 Å². The molecule has 6 heteroatoms. The molecule has 0 saturated heterocycles. The molecule has 2 N–H and O–H groups in total. The molecule has 0 amide bonds. The highest BCUT2D eigenvalue weighted by Crippen LogP contribution is 2.12. The molecule has 5 nitrogen and oxygen atoms in total. The molecule has 0 radical (unpaired) electrons. The van der Waals surface area contributed by atoms with E-state index in [-0.39, 0.29) is 0 Å². The van der Waals surface area contributed by atoms with Crippen LogP contribution in [0.4, 0.5) is 0 Å². The largest absolute Gasteiger partial charge is 0.771 e. The minimum absolute atomic E-state index is 2.15. The molecule has 0 aromatic rings. The molecule has 1 atom stereocenters. The van der Waals surface area contributed by atoms with E-state index in [0.29, 0.717) is 0 Å². The zero-order chi connectivity index (χ0) is 4.99. The highest BCUT2D eigenvalue weighted by molar-refractivity contribution is 7.32. The standard InChI is InChI=1S/HN2O3P/c1-2-5-6(3)4/h1H/p+1. The molecular formula is H2N2O3P+. The molecule has 6 heavy (non-hydrogen) atoms. The second-order valence-electron chi connectivity index (χ2n) is 0.411. The molecule has 0 bridgehead atoms. The van der Waals surface area contributed by atoms with Crippen molar-refractivity contribution in [1.82, 2.24) is 0 Å². The highest BCUT2D eigenvalue weighted by Gasteiger charge is 2.09. The number of hydrogen-bond donors (Lipinski definition) is 2. The summed E-state index contributed by atoms with van der Waals surface area (Å²) in [6.45, 7) is 0. The van der Waals surface area contributed by atoms with Crippen LogP contribution in [-0.4, -0.2) is 4.89 Å². The van der Waals surface area contributed by atoms with Crippen LogP contribution in [0.25, 0.3) is 0 Å². The van der Waals surface area contributed by atoms with E-state index < -0.39 is 8.25 Å². The number of hydrogen-bond acceptors (Lipinski definition) is 4. The summed E-state index contributed by atoms with van der Waals surface area (Å²) in [5.41, 5.74) is 5.79. The van der Waals surface area contributed by atoms with Crippen molar-refractivity contribution in [3.05, 3.63) is 0 Å². The lowest BCUT2D eigenvalue weighted by molar-refractivity contribution is 0.267. The minimum atomic E-state index is -2.70. The van der Waals surface area contributed by atoms with Gasteiger partial charge in [0.2, 0.25) is 0 Å². The van der Waals surface area contributed by atoms with Crippen LogP contribution in [-0.2, 0) is 9.19 Å². The summed E-state index contributed by atoms with van der Waals surface area (Å²) in [7, 11) is -2.70. The van der Waals surface area contributed by atoms with E-state index in [0.717, 1.165) is 0 Å². The van der Waals surface area contributed by atoms with Crippen molar-refractivity contribution in [1.29, 1.82) is 5.53 Å². The Morgan fingerprint density at radius 2 is 2.50 bits per heavy atom. The first-order chi connectivity index (χ1) is 2.77. The third-order valence-electron chi connectivity index (χ3n) is 0.111. The van der Waals surface area contributed by atoms with Crippen molar-refractivity contribution in [3.63, 3.8) is 0 Å². The van der Waals surface area contributed by atoms with Gasteiger partial charge in [0.1, 0.15) is 0 Å². The topological polar surface area (TPSA) is 82.7 Å². The van der Waals surface area contributed by atoms with Gasteiger partial charge in [-0.05, 0) is 0 Å². The molecule has 0 aliphatic carbocycles. The van der Waals surface area contributed by atoms with Gasteiger partial charge in [-0.25, -0.2) is 0 Å². The molecule has 1 unspecified atom stereocenters. The first-order valence-electron chi connectivity index (χ1n) is 0.971. The second-order valence-corrected chi connectivity index (χ2v) is 1.05. The maximum Gasteiger partial charge on any atom is 0.771 e. The van der Waals surface area contributed by atoms with Crippen LogP contribution in [0, 0.1) is 5.53 Å². The zero-order valence-electron chi connectivity index (χ0n) is 2.66. The molecule has 0 spiro atoms. The third-order valence-corrected chi connectivity index (χ3v) is 0.332. The van der Waals surface area contributed by atoms with Gasteiger partial charge in [-0.15, -0.1) is 4.89 Å². The van der Waals surface area contributed by atoms with Gasteiger partial charge in [0.15, 0.2) is 0 Å². The molecule has 0 heterocycles. The van der Waals surface area contributed by atoms with Gasteiger partial charge in [0, 0.05) is 4.57 Å². The van der Waals surface area contributed by atoms with Crippen LogP contribution in [0.3, 0.4) is 0 Å². The van der Waals surface area contributed by atoms with Crippen LogP contribution in [0.15, 0.2) is 5.28 Å². The van der Waals surface area contributed by atoms with Crippen LogP contribution in [0.2, 0.25) is 0 Å².